The van der Waals surface area contributed by atoms with Gasteiger partial charge in [0.2, 0.25) is 0 Å². The Morgan fingerprint density at radius 3 is 2.56 bits per heavy atom. The van der Waals surface area contributed by atoms with Crippen LogP contribution in [0, 0.1) is 6.42 Å². The summed E-state index contributed by atoms with van der Waals surface area (Å²) < 4.78 is 12.4. The largest absolute Gasteiger partial charge is 0.248 e. The van der Waals surface area contributed by atoms with Crippen molar-refractivity contribution < 1.29 is 4.39 Å². The lowest BCUT2D eigenvalue weighted by molar-refractivity contribution is 0.305. The zero-order valence-electron chi connectivity index (χ0n) is 6.36. The van der Waals surface area contributed by atoms with Crippen LogP contribution >= 0.6 is 0 Å². The number of hydrogen-bond donors (Lipinski definition) is 0. The van der Waals surface area contributed by atoms with Gasteiger partial charge in [-0.3, -0.25) is 0 Å². The van der Waals surface area contributed by atoms with Crippen LogP contribution in [0.1, 0.15) is 39.5 Å². The monoisotopic (exact) mass is 131 g/mol. The smallest absolute Gasteiger partial charge is 0.0999 e. The Balaban J connectivity index is 2.88. The number of unbranched alkanes of at least 4 members (excludes halogenated alkanes) is 2. The van der Waals surface area contributed by atoms with Crippen molar-refractivity contribution >= 4 is 0 Å². The molecule has 0 spiro atoms. The summed E-state index contributed by atoms with van der Waals surface area (Å²) in [4.78, 5) is 0. The van der Waals surface area contributed by atoms with Crippen molar-refractivity contribution in [1.82, 2.24) is 0 Å². The highest BCUT2D eigenvalue weighted by molar-refractivity contribution is 4.64. The fraction of sp³-hybridized carbons (Fsp3) is 0.875. The SMILES string of the molecule is CC[CH]CCC(F)CC. The number of rotatable bonds is 5. The van der Waals surface area contributed by atoms with Crippen LogP contribution in [-0.2, 0) is 0 Å². The Hall–Kier alpha value is -0.0700. The summed E-state index contributed by atoms with van der Waals surface area (Å²) in [6, 6.07) is 0. The molecule has 0 N–H and O–H groups in total. The van der Waals surface area contributed by atoms with Crippen LogP contribution in [0.5, 0.6) is 0 Å². The highest BCUT2D eigenvalue weighted by Gasteiger charge is 2.00. The van der Waals surface area contributed by atoms with Gasteiger partial charge >= 0.3 is 0 Å². The van der Waals surface area contributed by atoms with Gasteiger partial charge in [0.1, 0.15) is 0 Å². The molecule has 0 aliphatic carbocycles. The second-order valence-electron chi connectivity index (χ2n) is 2.28. The normalized spacial score (nSPS) is 13.7. The Morgan fingerprint density at radius 1 is 1.44 bits per heavy atom. The highest BCUT2D eigenvalue weighted by Crippen LogP contribution is 2.07. The van der Waals surface area contributed by atoms with E-state index in [1.54, 1.807) is 0 Å². The molecule has 0 aromatic carbocycles. The molecule has 0 nitrogen and oxygen atoms in total. The van der Waals surface area contributed by atoms with Crippen molar-refractivity contribution in [3.8, 4) is 0 Å². The van der Waals surface area contributed by atoms with Crippen LogP contribution in [0.25, 0.3) is 0 Å². The van der Waals surface area contributed by atoms with E-state index in [2.05, 4.69) is 13.3 Å². The van der Waals surface area contributed by atoms with Crippen LogP contribution in [-0.4, -0.2) is 6.17 Å². The summed E-state index contributed by atoms with van der Waals surface area (Å²) in [7, 11) is 0. The zero-order chi connectivity index (χ0) is 7.11. The summed E-state index contributed by atoms with van der Waals surface area (Å²) in [5.41, 5.74) is 0. The Labute approximate surface area is 57.5 Å². The molecule has 0 heterocycles. The Morgan fingerprint density at radius 2 is 2.11 bits per heavy atom. The molecule has 0 amide bonds. The van der Waals surface area contributed by atoms with E-state index in [0.29, 0.717) is 12.8 Å². The lowest BCUT2D eigenvalue weighted by Gasteiger charge is -2.01. The number of halogens is 1. The zero-order valence-corrected chi connectivity index (χ0v) is 6.36. The number of alkyl halides is 1. The average Bonchev–Trinajstić information content (AvgIpc) is 1.89. The molecular formula is C8H16F. The lowest BCUT2D eigenvalue weighted by atomic mass is 10.1. The molecule has 0 aliphatic heterocycles. The molecule has 0 aliphatic rings. The van der Waals surface area contributed by atoms with Gasteiger partial charge in [-0.2, -0.15) is 0 Å². The van der Waals surface area contributed by atoms with Gasteiger partial charge in [0.05, 0.1) is 6.17 Å². The third-order valence-corrected chi connectivity index (χ3v) is 1.42. The van der Waals surface area contributed by atoms with Gasteiger partial charge in [-0.25, -0.2) is 4.39 Å². The fourth-order valence-electron chi connectivity index (χ4n) is 0.707. The Bertz CT molecular complexity index is 52.5. The van der Waals surface area contributed by atoms with Crippen molar-refractivity contribution in [2.24, 2.45) is 0 Å². The maximum absolute atomic E-state index is 12.4. The van der Waals surface area contributed by atoms with E-state index >= 15 is 0 Å². The van der Waals surface area contributed by atoms with E-state index in [1.165, 1.54) is 0 Å². The summed E-state index contributed by atoms with van der Waals surface area (Å²) in [5, 5.41) is 0. The molecule has 0 aromatic heterocycles. The van der Waals surface area contributed by atoms with Crippen LogP contribution in [0.3, 0.4) is 0 Å². The van der Waals surface area contributed by atoms with Crippen LogP contribution in [0.2, 0.25) is 0 Å². The first kappa shape index (κ1) is 8.93. The third-order valence-electron chi connectivity index (χ3n) is 1.42. The summed E-state index contributed by atoms with van der Waals surface area (Å²) in [5.74, 6) is 0. The molecule has 9 heavy (non-hydrogen) atoms. The standard InChI is InChI=1S/C8H16F/c1-3-5-6-7-8(9)4-2/h5,8H,3-4,6-7H2,1-2H3. The second-order valence-corrected chi connectivity index (χ2v) is 2.28. The molecule has 0 saturated heterocycles. The van der Waals surface area contributed by atoms with Gasteiger partial charge in [-0.05, 0) is 25.7 Å². The molecule has 1 unspecified atom stereocenters. The van der Waals surface area contributed by atoms with E-state index in [9.17, 15) is 4.39 Å². The minimum absolute atomic E-state index is 0.576. The molecular weight excluding hydrogens is 115 g/mol. The molecule has 1 atom stereocenters. The lowest BCUT2D eigenvalue weighted by Crippen LogP contribution is -1.96. The van der Waals surface area contributed by atoms with Gasteiger partial charge in [0.15, 0.2) is 0 Å². The Kier molecular flexibility index (Phi) is 6.01. The number of hydrogen-bond acceptors (Lipinski definition) is 0. The van der Waals surface area contributed by atoms with Gasteiger partial charge in [-0.1, -0.05) is 20.3 Å². The predicted octanol–water partition coefficient (Wildman–Crippen LogP) is 3.13. The van der Waals surface area contributed by atoms with Gasteiger partial charge < -0.3 is 0 Å². The van der Waals surface area contributed by atoms with Gasteiger partial charge in [-0.15, -0.1) is 0 Å². The maximum atomic E-state index is 12.4. The molecule has 0 aromatic rings. The van der Waals surface area contributed by atoms with E-state index in [-0.39, 0.29) is 0 Å². The summed E-state index contributed by atoms with van der Waals surface area (Å²) in [6.45, 7) is 3.97. The molecule has 0 rings (SSSR count). The van der Waals surface area contributed by atoms with Crippen molar-refractivity contribution in [1.29, 1.82) is 0 Å². The maximum Gasteiger partial charge on any atom is 0.0999 e. The first-order chi connectivity index (χ1) is 4.31. The van der Waals surface area contributed by atoms with Crippen molar-refractivity contribution in [3.05, 3.63) is 6.42 Å². The molecule has 0 fully saturated rings. The second kappa shape index (κ2) is 6.06. The quantitative estimate of drug-likeness (QED) is 0.503. The van der Waals surface area contributed by atoms with Crippen molar-refractivity contribution in [2.75, 3.05) is 0 Å². The first-order valence-corrected chi connectivity index (χ1v) is 3.77. The first-order valence-electron chi connectivity index (χ1n) is 3.77. The van der Waals surface area contributed by atoms with Gasteiger partial charge in [0, 0.05) is 0 Å². The third kappa shape index (κ3) is 5.81. The van der Waals surface area contributed by atoms with E-state index in [1.807, 2.05) is 6.92 Å². The molecule has 1 heteroatoms. The molecule has 1 radical (unpaired) electrons. The van der Waals surface area contributed by atoms with E-state index in [0.717, 1.165) is 12.8 Å². The van der Waals surface area contributed by atoms with Crippen molar-refractivity contribution in [2.45, 2.75) is 45.7 Å². The molecule has 0 bridgehead atoms. The minimum Gasteiger partial charge on any atom is -0.248 e. The topological polar surface area (TPSA) is 0 Å². The minimum atomic E-state index is -0.576. The van der Waals surface area contributed by atoms with Crippen LogP contribution < -0.4 is 0 Å². The molecule has 0 saturated carbocycles. The van der Waals surface area contributed by atoms with Crippen LogP contribution in [0.4, 0.5) is 4.39 Å². The van der Waals surface area contributed by atoms with Crippen LogP contribution in [0.15, 0.2) is 0 Å². The fourth-order valence-corrected chi connectivity index (χ4v) is 0.707. The summed E-state index contributed by atoms with van der Waals surface area (Å²) >= 11 is 0. The predicted molar refractivity (Wildman–Crippen MR) is 39.0 cm³/mol. The highest BCUT2D eigenvalue weighted by atomic mass is 19.1. The van der Waals surface area contributed by atoms with E-state index in [4.69, 9.17) is 0 Å². The van der Waals surface area contributed by atoms with Crippen molar-refractivity contribution in [3.63, 3.8) is 0 Å². The summed E-state index contributed by atoms with van der Waals surface area (Å²) in [6.07, 6.45) is 4.93. The van der Waals surface area contributed by atoms with E-state index < -0.39 is 6.17 Å². The molecule has 55 valence electrons. The van der Waals surface area contributed by atoms with Gasteiger partial charge in [0.25, 0.3) is 0 Å². The average molecular weight is 131 g/mol.